The highest BCUT2D eigenvalue weighted by Gasteiger charge is 2.24. The zero-order valence-corrected chi connectivity index (χ0v) is 12.8. The Labute approximate surface area is 123 Å². The summed E-state index contributed by atoms with van der Waals surface area (Å²) >= 11 is 3.55. The highest BCUT2D eigenvalue weighted by Crippen LogP contribution is 2.26. The molecule has 0 aromatic heterocycles. The smallest absolute Gasteiger partial charge is 0.0541 e. The standard InChI is InChI=1S/C16H22BrNO/c17-13-3-1-12-10-15(4-2-11(12)9-13)18-14-5-7-16(19)8-6-14/h1,3,9,14-16,18-19H,2,4-8,10H2/t14?,15-,16?/m0/s1. The zero-order chi connectivity index (χ0) is 13.2. The molecule has 1 aromatic carbocycles. The molecule has 3 heteroatoms. The SMILES string of the molecule is OC1CCC(N[C@H]2CCc3cc(Br)ccc3C2)CC1. The summed E-state index contributed by atoms with van der Waals surface area (Å²) in [6, 6.07) is 7.91. The number of aryl methyl sites for hydroxylation is 1. The Bertz CT molecular complexity index is 440. The van der Waals surface area contributed by atoms with Crippen LogP contribution in [0.3, 0.4) is 0 Å². The van der Waals surface area contributed by atoms with E-state index in [1.54, 1.807) is 0 Å². The van der Waals surface area contributed by atoms with E-state index < -0.39 is 0 Å². The van der Waals surface area contributed by atoms with Gasteiger partial charge in [0.15, 0.2) is 0 Å². The van der Waals surface area contributed by atoms with Gasteiger partial charge in [0, 0.05) is 16.6 Å². The maximum Gasteiger partial charge on any atom is 0.0541 e. The Kier molecular flexibility index (Phi) is 4.25. The van der Waals surface area contributed by atoms with Crippen molar-refractivity contribution in [3.8, 4) is 0 Å². The zero-order valence-electron chi connectivity index (χ0n) is 11.2. The van der Waals surface area contributed by atoms with E-state index >= 15 is 0 Å². The van der Waals surface area contributed by atoms with Crippen LogP contribution in [0, 0.1) is 0 Å². The molecule has 2 aliphatic rings. The molecule has 1 saturated carbocycles. The average molecular weight is 324 g/mol. The number of benzene rings is 1. The van der Waals surface area contributed by atoms with E-state index in [1.807, 2.05) is 0 Å². The number of aliphatic hydroxyl groups is 1. The van der Waals surface area contributed by atoms with E-state index in [1.165, 1.54) is 28.4 Å². The van der Waals surface area contributed by atoms with Crippen molar-refractivity contribution >= 4 is 15.9 Å². The predicted octanol–water partition coefficient (Wildman–Crippen LogP) is 3.20. The van der Waals surface area contributed by atoms with Gasteiger partial charge in [-0.25, -0.2) is 0 Å². The molecule has 104 valence electrons. The van der Waals surface area contributed by atoms with Crippen LogP contribution in [0.2, 0.25) is 0 Å². The predicted molar refractivity (Wildman–Crippen MR) is 81.4 cm³/mol. The number of halogens is 1. The maximum atomic E-state index is 9.56. The molecule has 1 atom stereocenters. The molecule has 0 aliphatic heterocycles. The molecular formula is C16H22BrNO. The second-order valence-corrected chi connectivity index (χ2v) is 6.94. The van der Waals surface area contributed by atoms with Crippen LogP contribution in [0.1, 0.15) is 43.2 Å². The van der Waals surface area contributed by atoms with Gasteiger partial charge >= 0.3 is 0 Å². The van der Waals surface area contributed by atoms with Crippen molar-refractivity contribution < 1.29 is 5.11 Å². The molecule has 19 heavy (non-hydrogen) atoms. The van der Waals surface area contributed by atoms with Gasteiger partial charge in [-0.05, 0) is 68.2 Å². The van der Waals surface area contributed by atoms with Crippen LogP contribution in [0.4, 0.5) is 0 Å². The highest BCUT2D eigenvalue weighted by molar-refractivity contribution is 9.10. The Morgan fingerprint density at radius 1 is 1.00 bits per heavy atom. The largest absolute Gasteiger partial charge is 0.393 e. The monoisotopic (exact) mass is 323 g/mol. The van der Waals surface area contributed by atoms with Crippen LogP contribution in [-0.4, -0.2) is 23.3 Å². The van der Waals surface area contributed by atoms with Gasteiger partial charge in [0.1, 0.15) is 0 Å². The summed E-state index contributed by atoms with van der Waals surface area (Å²) in [5, 5.41) is 13.4. The van der Waals surface area contributed by atoms with Crippen molar-refractivity contribution in [3.05, 3.63) is 33.8 Å². The minimum Gasteiger partial charge on any atom is -0.393 e. The first kappa shape index (κ1) is 13.6. The first-order valence-electron chi connectivity index (χ1n) is 7.42. The van der Waals surface area contributed by atoms with Gasteiger partial charge in [-0.2, -0.15) is 0 Å². The summed E-state index contributed by atoms with van der Waals surface area (Å²) in [5.74, 6) is 0. The van der Waals surface area contributed by atoms with E-state index in [4.69, 9.17) is 0 Å². The van der Waals surface area contributed by atoms with Gasteiger partial charge < -0.3 is 10.4 Å². The fourth-order valence-corrected chi connectivity index (χ4v) is 3.85. The van der Waals surface area contributed by atoms with Crippen molar-refractivity contribution in [1.29, 1.82) is 0 Å². The van der Waals surface area contributed by atoms with Crippen LogP contribution < -0.4 is 5.32 Å². The van der Waals surface area contributed by atoms with E-state index in [0.717, 1.165) is 32.1 Å². The number of aliphatic hydroxyl groups excluding tert-OH is 1. The molecule has 0 unspecified atom stereocenters. The average Bonchev–Trinajstić information content (AvgIpc) is 2.42. The van der Waals surface area contributed by atoms with E-state index in [-0.39, 0.29) is 6.10 Å². The van der Waals surface area contributed by atoms with Gasteiger partial charge in [-0.1, -0.05) is 22.0 Å². The molecule has 0 heterocycles. The molecular weight excluding hydrogens is 302 g/mol. The fourth-order valence-electron chi connectivity index (χ4n) is 3.44. The number of nitrogens with one attached hydrogen (secondary N) is 1. The second kappa shape index (κ2) is 5.94. The van der Waals surface area contributed by atoms with Gasteiger partial charge in [0.25, 0.3) is 0 Å². The summed E-state index contributed by atoms with van der Waals surface area (Å²) < 4.78 is 1.19. The maximum absolute atomic E-state index is 9.56. The fraction of sp³-hybridized carbons (Fsp3) is 0.625. The van der Waals surface area contributed by atoms with Gasteiger partial charge in [-0.3, -0.25) is 0 Å². The minimum absolute atomic E-state index is 0.0533. The van der Waals surface area contributed by atoms with E-state index in [9.17, 15) is 5.11 Å². The van der Waals surface area contributed by atoms with Crippen molar-refractivity contribution in [1.82, 2.24) is 5.32 Å². The second-order valence-electron chi connectivity index (χ2n) is 6.02. The van der Waals surface area contributed by atoms with Crippen molar-refractivity contribution in [2.75, 3.05) is 0 Å². The minimum atomic E-state index is -0.0533. The van der Waals surface area contributed by atoms with E-state index in [0.29, 0.717) is 12.1 Å². The summed E-state index contributed by atoms with van der Waals surface area (Å²) in [5.41, 5.74) is 3.01. The molecule has 0 radical (unpaired) electrons. The first-order valence-corrected chi connectivity index (χ1v) is 8.21. The molecule has 2 nitrogen and oxygen atoms in total. The highest BCUT2D eigenvalue weighted by atomic mass is 79.9. The molecule has 2 aliphatic carbocycles. The van der Waals surface area contributed by atoms with Crippen molar-refractivity contribution in [3.63, 3.8) is 0 Å². The molecule has 0 spiro atoms. The number of hydrogen-bond acceptors (Lipinski definition) is 2. The first-order chi connectivity index (χ1) is 9.20. The van der Waals surface area contributed by atoms with Gasteiger partial charge in [-0.15, -0.1) is 0 Å². The Hall–Kier alpha value is -0.380. The molecule has 0 amide bonds. The van der Waals surface area contributed by atoms with Crippen molar-refractivity contribution in [2.24, 2.45) is 0 Å². The molecule has 2 N–H and O–H groups in total. The lowest BCUT2D eigenvalue weighted by Gasteiger charge is -2.33. The summed E-state index contributed by atoms with van der Waals surface area (Å²) in [4.78, 5) is 0. The Balaban J connectivity index is 1.58. The van der Waals surface area contributed by atoms with Gasteiger partial charge in [0.05, 0.1) is 6.10 Å². The molecule has 3 rings (SSSR count). The van der Waals surface area contributed by atoms with Crippen LogP contribution in [0.15, 0.2) is 22.7 Å². The summed E-state index contributed by atoms with van der Waals surface area (Å²) in [6.45, 7) is 0. The lowest BCUT2D eigenvalue weighted by atomic mass is 9.86. The number of fused-ring (bicyclic) bond motifs is 1. The summed E-state index contributed by atoms with van der Waals surface area (Å²) in [6.07, 6.45) is 7.71. The molecule has 1 aromatic rings. The molecule has 1 fully saturated rings. The van der Waals surface area contributed by atoms with Crippen molar-refractivity contribution in [2.45, 2.75) is 63.1 Å². The lowest BCUT2D eigenvalue weighted by molar-refractivity contribution is 0.113. The van der Waals surface area contributed by atoms with Crippen LogP contribution in [-0.2, 0) is 12.8 Å². The lowest BCUT2D eigenvalue weighted by Crippen LogP contribution is -2.43. The summed E-state index contributed by atoms with van der Waals surface area (Å²) in [7, 11) is 0. The number of hydrogen-bond donors (Lipinski definition) is 2. The Morgan fingerprint density at radius 2 is 1.79 bits per heavy atom. The molecule has 0 bridgehead atoms. The quantitative estimate of drug-likeness (QED) is 0.876. The van der Waals surface area contributed by atoms with Crippen LogP contribution in [0.25, 0.3) is 0 Å². The van der Waals surface area contributed by atoms with E-state index in [2.05, 4.69) is 39.4 Å². The van der Waals surface area contributed by atoms with Crippen LogP contribution >= 0.6 is 15.9 Å². The Morgan fingerprint density at radius 3 is 2.58 bits per heavy atom. The third-order valence-corrected chi connectivity index (χ3v) is 5.06. The normalized spacial score (nSPS) is 30.9. The number of rotatable bonds is 2. The molecule has 0 saturated heterocycles. The topological polar surface area (TPSA) is 32.3 Å². The third-order valence-electron chi connectivity index (χ3n) is 4.56. The van der Waals surface area contributed by atoms with Crippen LogP contribution in [0.5, 0.6) is 0 Å². The van der Waals surface area contributed by atoms with Gasteiger partial charge in [0.2, 0.25) is 0 Å². The third kappa shape index (κ3) is 3.39.